The van der Waals surface area contributed by atoms with Gasteiger partial charge in [0.15, 0.2) is 6.10 Å². The fourth-order valence-electron chi connectivity index (χ4n) is 5.07. The molecular formula is C34H46N4O7. The van der Waals surface area contributed by atoms with Crippen molar-refractivity contribution in [2.75, 3.05) is 0 Å². The van der Waals surface area contributed by atoms with Crippen molar-refractivity contribution < 1.29 is 33.8 Å². The molecule has 5 atom stereocenters. The third-order valence-electron chi connectivity index (χ3n) is 7.62. The molecule has 1 heterocycles. The number of rotatable bonds is 8. The number of nitrogens with one attached hydrogen (secondary N) is 4. The molecule has 0 spiro atoms. The highest BCUT2D eigenvalue weighted by Crippen LogP contribution is 2.16. The van der Waals surface area contributed by atoms with Gasteiger partial charge in [0.25, 0.3) is 5.91 Å². The Labute approximate surface area is 264 Å². The number of benzene rings is 2. The molecule has 3 rings (SSSR count). The fourth-order valence-corrected chi connectivity index (χ4v) is 5.07. The largest absolute Gasteiger partial charge is 0.508 e. The maximum atomic E-state index is 13.7. The number of hydrogen-bond acceptors (Lipinski definition) is 7. The van der Waals surface area contributed by atoms with Crippen molar-refractivity contribution in [1.29, 1.82) is 0 Å². The third kappa shape index (κ3) is 10.3. The lowest BCUT2D eigenvalue weighted by molar-refractivity contribution is -0.160. The van der Waals surface area contributed by atoms with Gasteiger partial charge in [-0.15, -0.1) is 0 Å². The van der Waals surface area contributed by atoms with Crippen LogP contribution in [-0.4, -0.2) is 65.0 Å². The molecule has 1 unspecified atom stereocenters. The number of carbonyl (C=O) groups is 5. The van der Waals surface area contributed by atoms with E-state index in [2.05, 4.69) is 21.3 Å². The number of aromatic hydroxyl groups is 1. The molecule has 244 valence electrons. The minimum absolute atomic E-state index is 0.0396. The molecule has 11 heteroatoms. The van der Waals surface area contributed by atoms with E-state index in [0.717, 1.165) is 5.56 Å². The van der Waals surface area contributed by atoms with Gasteiger partial charge < -0.3 is 31.1 Å². The van der Waals surface area contributed by atoms with Crippen molar-refractivity contribution >= 4 is 29.6 Å². The second-order valence-corrected chi connectivity index (χ2v) is 12.7. The van der Waals surface area contributed by atoms with Gasteiger partial charge in [0, 0.05) is 12.8 Å². The molecule has 5 N–H and O–H groups in total. The van der Waals surface area contributed by atoms with Gasteiger partial charge >= 0.3 is 5.97 Å². The lowest BCUT2D eigenvalue weighted by atomic mass is 9.98. The zero-order valence-corrected chi connectivity index (χ0v) is 26.8. The summed E-state index contributed by atoms with van der Waals surface area (Å²) in [6.07, 6.45) is -0.953. The molecule has 0 aliphatic carbocycles. The van der Waals surface area contributed by atoms with Gasteiger partial charge in [-0.1, -0.05) is 84.0 Å². The molecule has 0 saturated carbocycles. The van der Waals surface area contributed by atoms with E-state index in [0.29, 0.717) is 5.56 Å². The molecule has 2 aromatic carbocycles. The Bertz CT molecular complexity index is 1330. The lowest BCUT2D eigenvalue weighted by Crippen LogP contribution is -2.60. The normalized spacial score (nSPS) is 23.8. The number of carbonyl (C=O) groups excluding carboxylic acids is 5. The van der Waals surface area contributed by atoms with E-state index in [1.165, 1.54) is 12.1 Å². The fraction of sp³-hybridized carbons (Fsp3) is 0.500. The zero-order valence-electron chi connectivity index (χ0n) is 26.8. The van der Waals surface area contributed by atoms with Gasteiger partial charge in [0.05, 0.1) is 0 Å². The summed E-state index contributed by atoms with van der Waals surface area (Å²) < 4.78 is 5.79. The van der Waals surface area contributed by atoms with Gasteiger partial charge in [-0.25, -0.2) is 4.79 Å². The maximum absolute atomic E-state index is 13.7. The van der Waals surface area contributed by atoms with E-state index >= 15 is 0 Å². The summed E-state index contributed by atoms with van der Waals surface area (Å²) in [6.45, 7) is 10.8. The second-order valence-electron chi connectivity index (χ2n) is 12.7. The van der Waals surface area contributed by atoms with E-state index in [9.17, 15) is 29.1 Å². The summed E-state index contributed by atoms with van der Waals surface area (Å²) in [5, 5.41) is 20.8. The van der Waals surface area contributed by atoms with Crippen LogP contribution >= 0.6 is 0 Å². The number of phenols is 1. The van der Waals surface area contributed by atoms with Gasteiger partial charge in [0.1, 0.15) is 29.9 Å². The first kappa shape index (κ1) is 35.1. The average Bonchev–Trinajstić information content (AvgIpc) is 2.97. The number of esters is 1. The molecule has 2 aromatic rings. The van der Waals surface area contributed by atoms with Crippen LogP contribution in [0.3, 0.4) is 0 Å². The SMILES string of the molecule is CC(C)CC1OC(=O)[C@H](Cc2ccccc2)NC(=O)[C@H](C(C)C)NC(=O)[C@H](C(C)C)NC(=O)[C@H](Cc2ccc(O)cc2)NC1=O. The smallest absolute Gasteiger partial charge is 0.329 e. The van der Waals surface area contributed by atoms with Crippen LogP contribution in [0.15, 0.2) is 54.6 Å². The second kappa shape index (κ2) is 16.1. The minimum Gasteiger partial charge on any atom is -0.508 e. The number of amides is 4. The molecule has 4 amide bonds. The molecule has 1 saturated heterocycles. The monoisotopic (exact) mass is 622 g/mol. The molecular weight excluding hydrogens is 576 g/mol. The summed E-state index contributed by atoms with van der Waals surface area (Å²) in [7, 11) is 0. The van der Waals surface area contributed by atoms with Crippen LogP contribution < -0.4 is 21.3 Å². The summed E-state index contributed by atoms with van der Waals surface area (Å²) in [6, 6.07) is 10.9. The van der Waals surface area contributed by atoms with E-state index in [1.807, 2.05) is 44.2 Å². The third-order valence-corrected chi connectivity index (χ3v) is 7.62. The van der Waals surface area contributed by atoms with Gasteiger partial charge in [-0.2, -0.15) is 0 Å². The molecule has 1 aliphatic heterocycles. The molecule has 0 radical (unpaired) electrons. The Kier molecular flexibility index (Phi) is 12.5. The Morgan fingerprint density at radius 2 is 1.11 bits per heavy atom. The van der Waals surface area contributed by atoms with Crippen molar-refractivity contribution in [2.45, 2.75) is 91.1 Å². The molecule has 11 nitrogen and oxygen atoms in total. The number of phenolic OH excluding ortho intramolecular Hbond substituents is 1. The summed E-state index contributed by atoms with van der Waals surface area (Å²) >= 11 is 0. The molecule has 1 aliphatic rings. The van der Waals surface area contributed by atoms with Crippen molar-refractivity contribution in [1.82, 2.24) is 21.3 Å². The predicted octanol–water partition coefficient (Wildman–Crippen LogP) is 2.40. The first-order chi connectivity index (χ1) is 21.2. The Morgan fingerprint density at radius 1 is 0.622 bits per heavy atom. The first-order valence-corrected chi connectivity index (χ1v) is 15.5. The van der Waals surface area contributed by atoms with E-state index in [1.54, 1.807) is 39.8 Å². The van der Waals surface area contributed by atoms with Crippen LogP contribution in [0.5, 0.6) is 5.75 Å². The van der Waals surface area contributed by atoms with Crippen molar-refractivity contribution in [2.24, 2.45) is 17.8 Å². The summed E-state index contributed by atoms with van der Waals surface area (Å²) in [5.74, 6) is -4.01. The van der Waals surface area contributed by atoms with Crippen molar-refractivity contribution in [3.8, 4) is 5.75 Å². The number of cyclic esters (lactones) is 1. The topological polar surface area (TPSA) is 163 Å². The van der Waals surface area contributed by atoms with E-state index < -0.39 is 59.9 Å². The predicted molar refractivity (Wildman–Crippen MR) is 169 cm³/mol. The average molecular weight is 623 g/mol. The maximum Gasteiger partial charge on any atom is 0.329 e. The Hall–Kier alpha value is -4.41. The minimum atomic E-state index is -1.26. The quantitative estimate of drug-likeness (QED) is 0.282. The summed E-state index contributed by atoms with van der Waals surface area (Å²) in [4.78, 5) is 68.3. The Balaban J connectivity index is 2.07. The van der Waals surface area contributed by atoms with Gasteiger partial charge in [-0.3, -0.25) is 19.2 Å². The summed E-state index contributed by atoms with van der Waals surface area (Å²) in [5.41, 5.74) is 1.41. The molecule has 1 fully saturated rings. The van der Waals surface area contributed by atoms with Crippen LogP contribution in [0.2, 0.25) is 0 Å². The number of hydrogen-bond donors (Lipinski definition) is 5. The van der Waals surface area contributed by atoms with Gasteiger partial charge in [0.2, 0.25) is 17.7 Å². The molecule has 0 aromatic heterocycles. The van der Waals surface area contributed by atoms with Crippen molar-refractivity contribution in [3.05, 3.63) is 65.7 Å². The van der Waals surface area contributed by atoms with Crippen LogP contribution in [0.1, 0.15) is 59.1 Å². The molecule has 45 heavy (non-hydrogen) atoms. The van der Waals surface area contributed by atoms with Crippen LogP contribution in [0.4, 0.5) is 0 Å². The van der Waals surface area contributed by atoms with Crippen LogP contribution in [0.25, 0.3) is 0 Å². The standard InChI is InChI=1S/C34H46N4O7/c1-19(2)16-27-31(41)35-25(17-23-12-14-24(39)15-13-23)30(40)37-29(21(5)6)33(43)38-28(20(3)4)32(42)36-26(34(44)45-27)18-22-10-8-7-9-11-22/h7-15,19-21,25-29,39H,16-18H2,1-6H3,(H,35,41)(H,36,42)(H,37,40)(H,38,43)/t25-,26-,27?,28-,29-/m0/s1. The van der Waals surface area contributed by atoms with Crippen molar-refractivity contribution in [3.63, 3.8) is 0 Å². The Morgan fingerprint density at radius 3 is 1.67 bits per heavy atom. The highest BCUT2D eigenvalue weighted by molar-refractivity contribution is 5.96. The van der Waals surface area contributed by atoms with E-state index in [-0.39, 0.29) is 42.8 Å². The molecule has 0 bridgehead atoms. The lowest BCUT2D eigenvalue weighted by Gasteiger charge is -2.29. The zero-order chi connectivity index (χ0) is 33.3. The number of ether oxygens (including phenoxy) is 1. The highest BCUT2D eigenvalue weighted by Gasteiger charge is 2.37. The first-order valence-electron chi connectivity index (χ1n) is 15.5. The van der Waals surface area contributed by atoms with Gasteiger partial charge in [-0.05, 0) is 47.4 Å². The van der Waals surface area contributed by atoms with Crippen LogP contribution in [0, 0.1) is 17.8 Å². The highest BCUT2D eigenvalue weighted by atomic mass is 16.5. The van der Waals surface area contributed by atoms with E-state index in [4.69, 9.17) is 4.74 Å². The van der Waals surface area contributed by atoms with Crippen LogP contribution in [-0.2, 0) is 41.6 Å².